The third kappa shape index (κ3) is 7.53. The predicted molar refractivity (Wildman–Crippen MR) is 84.6 cm³/mol. The van der Waals surface area contributed by atoms with Crippen molar-refractivity contribution in [3.8, 4) is 0 Å². The van der Waals surface area contributed by atoms with Gasteiger partial charge in [0.05, 0.1) is 13.2 Å². The zero-order chi connectivity index (χ0) is 15.7. The Labute approximate surface area is 129 Å². The fraction of sp³-hybridized carbons (Fsp3) is 1.00. The number of hydrogen-bond donors (Lipinski definition) is 2. The van der Waals surface area contributed by atoms with Crippen LogP contribution >= 0.6 is 0 Å². The van der Waals surface area contributed by atoms with Crippen LogP contribution in [-0.2, 0) is 14.9 Å². The first-order valence-corrected chi connectivity index (χ1v) is 9.14. The highest BCUT2D eigenvalue weighted by atomic mass is 32.2. The van der Waals surface area contributed by atoms with E-state index in [-0.39, 0.29) is 6.04 Å². The highest BCUT2D eigenvalue weighted by Gasteiger charge is 2.21. The molecule has 1 aliphatic heterocycles. The van der Waals surface area contributed by atoms with Gasteiger partial charge in [0, 0.05) is 39.3 Å². The number of nitrogens with one attached hydrogen (secondary N) is 2. The highest BCUT2D eigenvalue weighted by Crippen LogP contribution is 2.02. The fourth-order valence-electron chi connectivity index (χ4n) is 2.28. The lowest BCUT2D eigenvalue weighted by atomic mass is 10.3. The minimum absolute atomic E-state index is 0.107. The summed E-state index contributed by atoms with van der Waals surface area (Å²) in [5.74, 6) is 0. The molecule has 21 heavy (non-hydrogen) atoms. The van der Waals surface area contributed by atoms with Gasteiger partial charge in [-0.25, -0.2) is 0 Å². The average molecular weight is 322 g/mol. The van der Waals surface area contributed by atoms with E-state index < -0.39 is 10.2 Å². The molecule has 0 aromatic carbocycles. The average Bonchev–Trinajstić information content (AvgIpc) is 2.43. The lowest BCUT2D eigenvalue weighted by molar-refractivity contribution is 0.0353. The molecule has 8 heteroatoms. The molecule has 1 fully saturated rings. The number of ether oxygens (including phenoxy) is 1. The minimum atomic E-state index is -3.40. The first-order chi connectivity index (χ1) is 9.95. The Morgan fingerprint density at radius 1 is 1.33 bits per heavy atom. The van der Waals surface area contributed by atoms with Gasteiger partial charge < -0.3 is 10.1 Å². The van der Waals surface area contributed by atoms with E-state index in [1.165, 1.54) is 4.31 Å². The molecule has 1 rings (SSSR count). The topological polar surface area (TPSA) is 73.9 Å². The molecule has 0 aromatic rings. The molecule has 0 spiro atoms. The second-order valence-electron chi connectivity index (χ2n) is 5.47. The quantitative estimate of drug-likeness (QED) is 0.529. The minimum Gasteiger partial charge on any atom is -0.379 e. The van der Waals surface area contributed by atoms with Gasteiger partial charge in [0.25, 0.3) is 10.2 Å². The molecule has 1 heterocycles. The van der Waals surface area contributed by atoms with Gasteiger partial charge in [-0.1, -0.05) is 6.92 Å². The van der Waals surface area contributed by atoms with E-state index >= 15 is 0 Å². The van der Waals surface area contributed by atoms with Crippen LogP contribution in [-0.4, -0.2) is 83.2 Å². The lowest BCUT2D eigenvalue weighted by Gasteiger charge is -2.30. The maximum atomic E-state index is 12.2. The van der Waals surface area contributed by atoms with Crippen LogP contribution in [0.1, 0.15) is 20.3 Å². The van der Waals surface area contributed by atoms with Crippen molar-refractivity contribution in [1.82, 2.24) is 19.2 Å². The van der Waals surface area contributed by atoms with Crippen molar-refractivity contribution in [2.24, 2.45) is 0 Å². The number of morpholine rings is 1. The van der Waals surface area contributed by atoms with Gasteiger partial charge in [0.2, 0.25) is 0 Å². The molecule has 1 aliphatic rings. The molecular weight excluding hydrogens is 292 g/mol. The summed E-state index contributed by atoms with van der Waals surface area (Å²) in [6.45, 7) is 10.1. The monoisotopic (exact) mass is 322 g/mol. The van der Waals surface area contributed by atoms with Gasteiger partial charge in [-0.2, -0.15) is 17.4 Å². The SMILES string of the molecule is CCNCCCN(C)S(=O)(=O)NC(C)CN1CCOCC1. The molecule has 1 unspecified atom stereocenters. The Balaban J connectivity index is 2.31. The van der Waals surface area contributed by atoms with Gasteiger partial charge >= 0.3 is 0 Å². The molecule has 0 amide bonds. The summed E-state index contributed by atoms with van der Waals surface area (Å²) >= 11 is 0. The van der Waals surface area contributed by atoms with Gasteiger partial charge in [-0.05, 0) is 26.4 Å². The molecule has 1 atom stereocenters. The molecular formula is C13H30N4O3S. The first kappa shape index (κ1) is 18.8. The molecule has 0 bridgehead atoms. The van der Waals surface area contributed by atoms with E-state index in [4.69, 9.17) is 4.74 Å². The summed E-state index contributed by atoms with van der Waals surface area (Å²) in [5, 5.41) is 3.19. The van der Waals surface area contributed by atoms with Gasteiger partial charge in [0.15, 0.2) is 0 Å². The second kappa shape index (κ2) is 9.70. The summed E-state index contributed by atoms with van der Waals surface area (Å²) in [4.78, 5) is 2.22. The van der Waals surface area contributed by atoms with Crippen molar-refractivity contribution in [1.29, 1.82) is 0 Å². The third-order valence-electron chi connectivity index (χ3n) is 3.47. The molecule has 2 N–H and O–H groups in total. The Hall–Kier alpha value is -0.250. The van der Waals surface area contributed by atoms with Gasteiger partial charge in [-0.15, -0.1) is 0 Å². The van der Waals surface area contributed by atoms with E-state index in [1.54, 1.807) is 7.05 Å². The van der Waals surface area contributed by atoms with Crippen LogP contribution in [0.25, 0.3) is 0 Å². The third-order valence-corrected chi connectivity index (χ3v) is 5.18. The summed E-state index contributed by atoms with van der Waals surface area (Å²) in [7, 11) is -1.78. The summed E-state index contributed by atoms with van der Waals surface area (Å²) < 4.78 is 33.8. The van der Waals surface area contributed by atoms with Crippen molar-refractivity contribution in [3.05, 3.63) is 0 Å². The van der Waals surface area contributed by atoms with E-state index in [2.05, 4.69) is 14.9 Å². The Bertz CT molecular complexity index is 372. The number of rotatable bonds is 10. The van der Waals surface area contributed by atoms with E-state index in [0.717, 1.165) is 45.8 Å². The van der Waals surface area contributed by atoms with Crippen LogP contribution in [0.3, 0.4) is 0 Å². The summed E-state index contributed by atoms with van der Waals surface area (Å²) in [6.07, 6.45) is 0.809. The Morgan fingerprint density at radius 3 is 2.62 bits per heavy atom. The van der Waals surface area contributed by atoms with Crippen LogP contribution in [0.4, 0.5) is 0 Å². The van der Waals surface area contributed by atoms with Crippen LogP contribution in [0, 0.1) is 0 Å². The van der Waals surface area contributed by atoms with E-state index in [9.17, 15) is 8.42 Å². The predicted octanol–water partition coefficient (Wildman–Crippen LogP) is -0.527. The normalized spacial score (nSPS) is 19.0. The van der Waals surface area contributed by atoms with Crippen molar-refractivity contribution >= 4 is 10.2 Å². The van der Waals surface area contributed by atoms with Crippen LogP contribution in [0.15, 0.2) is 0 Å². The molecule has 0 aliphatic carbocycles. The Morgan fingerprint density at radius 2 is 2.00 bits per heavy atom. The molecule has 0 aromatic heterocycles. The fourth-order valence-corrected chi connectivity index (χ4v) is 3.41. The smallest absolute Gasteiger partial charge is 0.279 e. The van der Waals surface area contributed by atoms with E-state index in [1.807, 2.05) is 13.8 Å². The zero-order valence-electron chi connectivity index (χ0n) is 13.5. The first-order valence-electron chi connectivity index (χ1n) is 7.70. The highest BCUT2D eigenvalue weighted by molar-refractivity contribution is 7.87. The largest absolute Gasteiger partial charge is 0.379 e. The molecule has 1 saturated heterocycles. The van der Waals surface area contributed by atoms with Crippen molar-refractivity contribution < 1.29 is 13.2 Å². The Kier molecular flexibility index (Phi) is 8.69. The lowest BCUT2D eigenvalue weighted by Crippen LogP contribution is -2.49. The second-order valence-corrected chi connectivity index (χ2v) is 7.27. The molecule has 126 valence electrons. The maximum absolute atomic E-state index is 12.2. The van der Waals surface area contributed by atoms with Crippen molar-refractivity contribution in [2.75, 3.05) is 59.5 Å². The van der Waals surface area contributed by atoms with Gasteiger partial charge in [-0.3, -0.25) is 4.90 Å². The van der Waals surface area contributed by atoms with E-state index in [0.29, 0.717) is 13.1 Å². The standard InChI is InChI=1S/C13H30N4O3S/c1-4-14-6-5-7-16(3)21(18,19)15-13(2)12-17-8-10-20-11-9-17/h13-15H,4-12H2,1-3H3. The van der Waals surface area contributed by atoms with Crippen molar-refractivity contribution in [2.45, 2.75) is 26.3 Å². The van der Waals surface area contributed by atoms with Crippen LogP contribution in [0.2, 0.25) is 0 Å². The number of hydrogen-bond acceptors (Lipinski definition) is 5. The summed E-state index contributed by atoms with van der Waals surface area (Å²) in [6, 6.07) is -0.107. The molecule has 7 nitrogen and oxygen atoms in total. The number of nitrogens with zero attached hydrogens (tertiary/aromatic N) is 2. The summed E-state index contributed by atoms with van der Waals surface area (Å²) in [5.41, 5.74) is 0. The molecule has 0 saturated carbocycles. The van der Waals surface area contributed by atoms with Crippen molar-refractivity contribution in [3.63, 3.8) is 0 Å². The molecule has 0 radical (unpaired) electrons. The van der Waals surface area contributed by atoms with Crippen LogP contribution in [0.5, 0.6) is 0 Å². The maximum Gasteiger partial charge on any atom is 0.279 e. The zero-order valence-corrected chi connectivity index (χ0v) is 14.3. The van der Waals surface area contributed by atoms with Gasteiger partial charge in [0.1, 0.15) is 0 Å². The van der Waals surface area contributed by atoms with Crippen LogP contribution < -0.4 is 10.0 Å².